The minimum absolute atomic E-state index is 0.110. The predicted octanol–water partition coefficient (Wildman–Crippen LogP) is 3.40. The molecule has 1 N–H and O–H groups in total. The van der Waals surface area contributed by atoms with Crippen LogP contribution in [0, 0.1) is 17.8 Å². The maximum Gasteiger partial charge on any atom is 0.243 e. The standard InChI is InChI=1S/C13H15BrN2OS/c14-11-6-5-8(18-11)7-15-16-13(17)12-9-3-1-2-4-10(9)12/h5-7,9-10,12H,1-4H2,(H,16,17)/b15-7+/t9-,10-/m1/s1. The average Bonchev–Trinajstić information content (AvgIpc) is 2.97. The van der Waals surface area contributed by atoms with E-state index in [0.717, 1.165) is 8.66 Å². The van der Waals surface area contributed by atoms with Crippen molar-refractivity contribution in [2.75, 3.05) is 0 Å². The van der Waals surface area contributed by atoms with Gasteiger partial charge in [-0.3, -0.25) is 4.79 Å². The van der Waals surface area contributed by atoms with Crippen LogP contribution < -0.4 is 5.43 Å². The van der Waals surface area contributed by atoms with Crippen LogP contribution in [0.1, 0.15) is 30.6 Å². The molecule has 2 fully saturated rings. The van der Waals surface area contributed by atoms with E-state index in [1.54, 1.807) is 17.6 Å². The molecule has 1 amide bonds. The van der Waals surface area contributed by atoms with Gasteiger partial charge in [0, 0.05) is 10.8 Å². The topological polar surface area (TPSA) is 41.5 Å². The largest absolute Gasteiger partial charge is 0.273 e. The summed E-state index contributed by atoms with van der Waals surface area (Å²) in [6.45, 7) is 0. The molecule has 0 spiro atoms. The van der Waals surface area contributed by atoms with Gasteiger partial charge in [0.25, 0.3) is 0 Å². The van der Waals surface area contributed by atoms with E-state index in [1.807, 2.05) is 12.1 Å². The molecule has 0 radical (unpaired) electrons. The minimum Gasteiger partial charge on any atom is -0.273 e. The molecule has 2 aliphatic carbocycles. The molecule has 2 atom stereocenters. The lowest BCUT2D eigenvalue weighted by Crippen LogP contribution is -2.20. The zero-order valence-corrected chi connectivity index (χ0v) is 12.3. The van der Waals surface area contributed by atoms with Crippen LogP contribution in [0.15, 0.2) is 21.0 Å². The Balaban J connectivity index is 1.51. The number of rotatable bonds is 3. The molecule has 2 saturated carbocycles. The summed E-state index contributed by atoms with van der Waals surface area (Å²) in [4.78, 5) is 13.0. The second kappa shape index (κ2) is 5.13. The van der Waals surface area contributed by atoms with Crippen LogP contribution in [0.25, 0.3) is 0 Å². The molecule has 2 aliphatic rings. The van der Waals surface area contributed by atoms with E-state index < -0.39 is 0 Å². The Morgan fingerprint density at radius 1 is 1.39 bits per heavy atom. The van der Waals surface area contributed by atoms with Crippen molar-refractivity contribution < 1.29 is 4.79 Å². The first-order chi connectivity index (χ1) is 8.75. The molecule has 1 heterocycles. The Morgan fingerprint density at radius 2 is 2.11 bits per heavy atom. The van der Waals surface area contributed by atoms with Gasteiger partial charge in [0.15, 0.2) is 0 Å². The SMILES string of the molecule is O=C(N/N=C/c1ccc(Br)s1)C1[C@@H]2CCCC[C@@H]12. The predicted molar refractivity (Wildman–Crippen MR) is 76.7 cm³/mol. The summed E-state index contributed by atoms with van der Waals surface area (Å²) in [6, 6.07) is 3.95. The van der Waals surface area contributed by atoms with Gasteiger partial charge in [0.05, 0.1) is 10.0 Å². The molecule has 3 nitrogen and oxygen atoms in total. The fraction of sp³-hybridized carbons (Fsp3) is 0.538. The maximum atomic E-state index is 11.9. The van der Waals surface area contributed by atoms with Crippen molar-refractivity contribution in [2.24, 2.45) is 22.9 Å². The summed E-state index contributed by atoms with van der Waals surface area (Å²) in [5.74, 6) is 1.63. The Labute approximate surface area is 119 Å². The number of thiophene rings is 1. The Kier molecular flexibility index (Phi) is 3.52. The van der Waals surface area contributed by atoms with Gasteiger partial charge in [-0.1, -0.05) is 12.8 Å². The lowest BCUT2D eigenvalue weighted by molar-refractivity contribution is -0.122. The molecule has 1 aromatic rings. The van der Waals surface area contributed by atoms with Gasteiger partial charge in [0.1, 0.15) is 0 Å². The summed E-state index contributed by atoms with van der Waals surface area (Å²) in [5, 5.41) is 4.04. The van der Waals surface area contributed by atoms with E-state index in [9.17, 15) is 4.79 Å². The van der Waals surface area contributed by atoms with Crippen molar-refractivity contribution in [3.63, 3.8) is 0 Å². The molecular weight excluding hydrogens is 312 g/mol. The van der Waals surface area contributed by atoms with E-state index in [1.165, 1.54) is 25.7 Å². The number of hydrogen-bond donors (Lipinski definition) is 1. The average molecular weight is 327 g/mol. The number of hydrazone groups is 1. The quantitative estimate of drug-likeness (QED) is 0.671. The summed E-state index contributed by atoms with van der Waals surface area (Å²) in [6.07, 6.45) is 6.74. The van der Waals surface area contributed by atoms with E-state index in [0.29, 0.717) is 11.8 Å². The van der Waals surface area contributed by atoms with E-state index >= 15 is 0 Å². The van der Waals surface area contributed by atoms with Gasteiger partial charge in [-0.15, -0.1) is 11.3 Å². The van der Waals surface area contributed by atoms with Gasteiger partial charge < -0.3 is 0 Å². The molecular formula is C13H15BrN2OS. The van der Waals surface area contributed by atoms with Crippen LogP contribution in [0.5, 0.6) is 0 Å². The molecule has 96 valence electrons. The van der Waals surface area contributed by atoms with E-state index in [4.69, 9.17) is 0 Å². The van der Waals surface area contributed by atoms with Crippen molar-refractivity contribution >= 4 is 39.4 Å². The maximum absolute atomic E-state index is 11.9. The molecule has 0 unspecified atom stereocenters. The van der Waals surface area contributed by atoms with Crippen LogP contribution in [0.4, 0.5) is 0 Å². The van der Waals surface area contributed by atoms with Gasteiger partial charge in [-0.25, -0.2) is 5.43 Å². The lowest BCUT2D eigenvalue weighted by Gasteiger charge is -2.04. The van der Waals surface area contributed by atoms with Crippen molar-refractivity contribution in [1.82, 2.24) is 5.43 Å². The van der Waals surface area contributed by atoms with Crippen LogP contribution in [-0.2, 0) is 4.79 Å². The van der Waals surface area contributed by atoms with Crippen molar-refractivity contribution in [1.29, 1.82) is 0 Å². The Bertz CT molecular complexity index is 473. The molecule has 5 heteroatoms. The highest BCUT2D eigenvalue weighted by molar-refractivity contribution is 9.11. The second-order valence-electron chi connectivity index (χ2n) is 5.01. The third-order valence-electron chi connectivity index (χ3n) is 3.92. The number of hydrogen-bond acceptors (Lipinski definition) is 3. The van der Waals surface area contributed by atoms with Crippen LogP contribution in [0.3, 0.4) is 0 Å². The first-order valence-corrected chi connectivity index (χ1v) is 7.95. The fourth-order valence-corrected chi connectivity index (χ4v) is 4.31. The van der Waals surface area contributed by atoms with Crippen LogP contribution in [0.2, 0.25) is 0 Å². The molecule has 18 heavy (non-hydrogen) atoms. The van der Waals surface area contributed by atoms with Crippen LogP contribution in [-0.4, -0.2) is 12.1 Å². The van der Waals surface area contributed by atoms with Crippen LogP contribution >= 0.6 is 27.3 Å². The number of carbonyl (C=O) groups excluding carboxylic acids is 1. The Hall–Kier alpha value is -0.680. The number of carbonyl (C=O) groups is 1. The lowest BCUT2D eigenvalue weighted by atomic mass is 10.0. The molecule has 0 aromatic carbocycles. The molecule has 3 rings (SSSR count). The summed E-state index contributed by atoms with van der Waals surface area (Å²) in [7, 11) is 0. The fourth-order valence-electron chi connectivity index (χ4n) is 3.01. The molecule has 0 aliphatic heterocycles. The molecule has 0 saturated heterocycles. The highest BCUT2D eigenvalue weighted by atomic mass is 79.9. The molecule has 1 aromatic heterocycles. The number of fused-ring (bicyclic) bond motifs is 1. The highest BCUT2D eigenvalue weighted by Crippen LogP contribution is 2.55. The zero-order chi connectivity index (χ0) is 12.5. The van der Waals surface area contributed by atoms with Gasteiger partial charge >= 0.3 is 0 Å². The minimum atomic E-state index is 0.110. The summed E-state index contributed by atoms with van der Waals surface area (Å²) >= 11 is 5.00. The monoisotopic (exact) mass is 326 g/mol. The number of nitrogens with one attached hydrogen (secondary N) is 1. The zero-order valence-electron chi connectivity index (χ0n) is 9.93. The third kappa shape index (κ3) is 2.52. The van der Waals surface area contributed by atoms with Gasteiger partial charge in [0.2, 0.25) is 5.91 Å². The number of amides is 1. The Morgan fingerprint density at radius 3 is 2.72 bits per heavy atom. The van der Waals surface area contributed by atoms with Gasteiger partial charge in [-0.2, -0.15) is 5.10 Å². The summed E-state index contributed by atoms with van der Waals surface area (Å²) < 4.78 is 1.07. The number of halogens is 1. The first-order valence-electron chi connectivity index (χ1n) is 6.34. The van der Waals surface area contributed by atoms with E-state index in [-0.39, 0.29) is 11.8 Å². The van der Waals surface area contributed by atoms with E-state index in [2.05, 4.69) is 26.5 Å². The third-order valence-corrected chi connectivity index (χ3v) is 5.48. The number of nitrogens with zero attached hydrogens (tertiary/aromatic N) is 1. The van der Waals surface area contributed by atoms with Crippen molar-refractivity contribution in [3.05, 3.63) is 20.8 Å². The summed E-state index contributed by atoms with van der Waals surface area (Å²) in [5.41, 5.74) is 2.68. The van der Waals surface area contributed by atoms with Gasteiger partial charge in [-0.05, 0) is 52.7 Å². The normalized spacial score (nSPS) is 30.2. The van der Waals surface area contributed by atoms with Crippen molar-refractivity contribution in [2.45, 2.75) is 25.7 Å². The second-order valence-corrected chi connectivity index (χ2v) is 7.51. The first kappa shape index (κ1) is 12.4. The molecule has 0 bridgehead atoms. The van der Waals surface area contributed by atoms with Crippen molar-refractivity contribution in [3.8, 4) is 0 Å². The smallest absolute Gasteiger partial charge is 0.243 e. The highest BCUT2D eigenvalue weighted by Gasteiger charge is 2.54.